The van der Waals surface area contributed by atoms with Gasteiger partial charge in [-0.1, -0.05) is 6.57 Å². The largest absolute Gasteiger partial charge is 0.360 e. The molecule has 4 heteroatoms. The lowest BCUT2D eigenvalue weighted by molar-refractivity contribution is 1.29. The lowest BCUT2D eigenvalue weighted by Gasteiger charge is -1.97. The van der Waals surface area contributed by atoms with Gasteiger partial charge in [-0.3, -0.25) is 4.79 Å². The molecule has 68 valence electrons. The molecule has 0 aliphatic carbocycles. The molecular formula is C10H7N3O. The first-order valence-corrected chi connectivity index (χ1v) is 4.09. The molecule has 0 amide bonds. The van der Waals surface area contributed by atoms with Crippen molar-refractivity contribution in [2.75, 3.05) is 0 Å². The van der Waals surface area contributed by atoms with Crippen LogP contribution in [0.3, 0.4) is 0 Å². The molecule has 0 aliphatic rings. The van der Waals surface area contributed by atoms with Gasteiger partial charge in [0.15, 0.2) is 0 Å². The molecule has 14 heavy (non-hydrogen) atoms. The molecule has 0 aromatic carbocycles. The number of aromatic amines is 1. The van der Waals surface area contributed by atoms with Crippen LogP contribution in [-0.4, -0.2) is 9.97 Å². The van der Waals surface area contributed by atoms with Gasteiger partial charge in [0.1, 0.15) is 0 Å². The van der Waals surface area contributed by atoms with E-state index >= 15 is 0 Å². The summed E-state index contributed by atoms with van der Waals surface area (Å²) in [4.78, 5) is 21.5. The molecule has 0 saturated carbocycles. The summed E-state index contributed by atoms with van der Waals surface area (Å²) in [6, 6.07) is 3.16. The molecule has 0 spiro atoms. The van der Waals surface area contributed by atoms with Gasteiger partial charge in [0.05, 0.1) is 5.52 Å². The summed E-state index contributed by atoms with van der Waals surface area (Å²) >= 11 is 0. The van der Waals surface area contributed by atoms with E-state index < -0.39 is 0 Å². The van der Waals surface area contributed by atoms with Crippen LogP contribution < -0.4 is 5.43 Å². The number of aryl methyl sites for hydroxylation is 1. The fourth-order valence-corrected chi connectivity index (χ4v) is 1.30. The van der Waals surface area contributed by atoms with Gasteiger partial charge in [0.2, 0.25) is 10.9 Å². The van der Waals surface area contributed by atoms with E-state index in [4.69, 9.17) is 6.57 Å². The monoisotopic (exact) mass is 185 g/mol. The van der Waals surface area contributed by atoms with Crippen molar-refractivity contribution in [1.29, 1.82) is 0 Å². The number of pyridine rings is 2. The van der Waals surface area contributed by atoms with Gasteiger partial charge >= 0.3 is 0 Å². The van der Waals surface area contributed by atoms with Gasteiger partial charge in [-0.2, -0.15) is 0 Å². The Balaban J connectivity index is 2.96. The number of aromatic nitrogens is 2. The molecule has 0 fully saturated rings. The molecule has 0 radical (unpaired) electrons. The number of hydrogen-bond acceptors (Lipinski definition) is 2. The van der Waals surface area contributed by atoms with Crippen LogP contribution >= 0.6 is 0 Å². The van der Waals surface area contributed by atoms with Crippen molar-refractivity contribution < 1.29 is 0 Å². The maximum Gasteiger partial charge on any atom is 0.273 e. The Bertz CT molecular complexity index is 592. The molecule has 0 saturated heterocycles. The van der Waals surface area contributed by atoms with E-state index in [0.717, 1.165) is 5.56 Å². The molecular weight excluding hydrogens is 178 g/mol. The van der Waals surface area contributed by atoms with Crippen molar-refractivity contribution in [2.24, 2.45) is 0 Å². The SMILES string of the molecule is [C-]#[N+]c1nc2c(=O)cc[nH]c2cc1C. The smallest absolute Gasteiger partial charge is 0.273 e. The van der Waals surface area contributed by atoms with E-state index in [2.05, 4.69) is 14.8 Å². The first kappa shape index (κ1) is 8.45. The molecule has 0 unspecified atom stereocenters. The van der Waals surface area contributed by atoms with Crippen LogP contribution in [0.4, 0.5) is 5.82 Å². The van der Waals surface area contributed by atoms with E-state index in [0.29, 0.717) is 11.0 Å². The van der Waals surface area contributed by atoms with E-state index in [1.165, 1.54) is 6.07 Å². The predicted octanol–water partition coefficient (Wildman–Crippen LogP) is 1.78. The van der Waals surface area contributed by atoms with E-state index in [-0.39, 0.29) is 11.2 Å². The van der Waals surface area contributed by atoms with Crippen LogP contribution in [0, 0.1) is 13.5 Å². The minimum absolute atomic E-state index is 0.163. The zero-order valence-electron chi connectivity index (χ0n) is 7.53. The highest BCUT2D eigenvalue weighted by Crippen LogP contribution is 2.18. The Morgan fingerprint density at radius 3 is 3.07 bits per heavy atom. The number of fused-ring (bicyclic) bond motifs is 1. The Hall–Kier alpha value is -2.15. The summed E-state index contributed by atoms with van der Waals surface area (Å²) in [5, 5.41) is 0. The molecule has 0 atom stereocenters. The van der Waals surface area contributed by atoms with Crippen LogP contribution in [0.15, 0.2) is 23.1 Å². The maximum absolute atomic E-state index is 11.4. The Kier molecular flexibility index (Phi) is 1.79. The number of rotatable bonds is 0. The van der Waals surface area contributed by atoms with Crippen molar-refractivity contribution in [3.05, 3.63) is 45.5 Å². The van der Waals surface area contributed by atoms with E-state index in [1.807, 2.05) is 0 Å². The van der Waals surface area contributed by atoms with Gasteiger partial charge in [0, 0.05) is 12.3 Å². The molecule has 2 heterocycles. The summed E-state index contributed by atoms with van der Waals surface area (Å²) < 4.78 is 0. The first-order valence-electron chi connectivity index (χ1n) is 4.09. The second-order valence-corrected chi connectivity index (χ2v) is 2.98. The van der Waals surface area contributed by atoms with Crippen LogP contribution in [-0.2, 0) is 0 Å². The average molecular weight is 185 g/mol. The average Bonchev–Trinajstić information content (AvgIpc) is 2.17. The molecule has 1 N–H and O–H groups in total. The second kappa shape index (κ2) is 2.96. The normalized spacial score (nSPS) is 10.0. The summed E-state index contributed by atoms with van der Waals surface area (Å²) in [5.41, 5.74) is 1.60. The molecule has 2 aromatic rings. The lowest BCUT2D eigenvalue weighted by atomic mass is 10.2. The number of nitrogens with one attached hydrogen (secondary N) is 1. The summed E-state index contributed by atoms with van der Waals surface area (Å²) in [6.07, 6.45) is 1.57. The molecule has 4 nitrogen and oxygen atoms in total. The van der Waals surface area contributed by atoms with Gasteiger partial charge in [-0.25, -0.2) is 0 Å². The van der Waals surface area contributed by atoms with Crippen LogP contribution in [0.25, 0.3) is 15.9 Å². The maximum atomic E-state index is 11.4. The second-order valence-electron chi connectivity index (χ2n) is 2.98. The van der Waals surface area contributed by atoms with Crippen molar-refractivity contribution >= 4 is 16.9 Å². The quantitative estimate of drug-likeness (QED) is 0.636. The van der Waals surface area contributed by atoms with Crippen molar-refractivity contribution in [2.45, 2.75) is 6.92 Å². The minimum Gasteiger partial charge on any atom is -0.360 e. The first-order chi connectivity index (χ1) is 6.72. The standard InChI is InChI=1S/C10H7N3O/c1-6-5-7-9(13-10(6)11-2)8(14)3-4-12-7/h3-5H,1H3,(H,12,14). The molecule has 0 aliphatic heterocycles. The summed E-state index contributed by atoms with van der Waals surface area (Å²) in [7, 11) is 0. The van der Waals surface area contributed by atoms with E-state index in [1.54, 1.807) is 19.2 Å². The molecule has 0 bridgehead atoms. The van der Waals surface area contributed by atoms with Gasteiger partial charge in [-0.15, -0.1) is 4.98 Å². The molecule has 2 aromatic heterocycles. The molecule has 2 rings (SSSR count). The van der Waals surface area contributed by atoms with Gasteiger partial charge in [-0.05, 0) is 18.6 Å². The Morgan fingerprint density at radius 2 is 2.36 bits per heavy atom. The third-order valence-electron chi connectivity index (χ3n) is 2.00. The number of hydrogen-bond donors (Lipinski definition) is 1. The summed E-state index contributed by atoms with van der Waals surface area (Å²) in [5.74, 6) is 0.286. The minimum atomic E-state index is -0.163. The van der Waals surface area contributed by atoms with Crippen LogP contribution in [0.5, 0.6) is 0 Å². The fraction of sp³-hybridized carbons (Fsp3) is 0.100. The highest BCUT2D eigenvalue weighted by Gasteiger charge is 2.07. The Morgan fingerprint density at radius 1 is 1.57 bits per heavy atom. The van der Waals surface area contributed by atoms with Crippen molar-refractivity contribution in [1.82, 2.24) is 9.97 Å². The highest BCUT2D eigenvalue weighted by molar-refractivity contribution is 5.77. The number of H-pyrrole nitrogens is 1. The van der Waals surface area contributed by atoms with Crippen LogP contribution in [0.1, 0.15) is 5.56 Å². The fourth-order valence-electron chi connectivity index (χ4n) is 1.30. The van der Waals surface area contributed by atoms with Gasteiger partial charge in [0.25, 0.3) is 5.82 Å². The van der Waals surface area contributed by atoms with Crippen molar-refractivity contribution in [3.8, 4) is 0 Å². The third kappa shape index (κ3) is 1.15. The lowest BCUT2D eigenvalue weighted by Crippen LogP contribution is -2.02. The Labute approximate surface area is 80.0 Å². The zero-order valence-corrected chi connectivity index (χ0v) is 7.53. The zero-order chi connectivity index (χ0) is 10.1. The third-order valence-corrected chi connectivity index (χ3v) is 2.00. The summed E-state index contributed by atoms with van der Waals surface area (Å²) in [6.45, 7) is 8.68. The van der Waals surface area contributed by atoms with Gasteiger partial charge < -0.3 is 9.83 Å². The van der Waals surface area contributed by atoms with E-state index in [9.17, 15) is 4.79 Å². The topological polar surface area (TPSA) is 50.1 Å². The number of nitrogens with zero attached hydrogens (tertiary/aromatic N) is 2. The van der Waals surface area contributed by atoms with Crippen molar-refractivity contribution in [3.63, 3.8) is 0 Å². The highest BCUT2D eigenvalue weighted by atomic mass is 16.1. The predicted molar refractivity (Wildman–Crippen MR) is 53.4 cm³/mol. The van der Waals surface area contributed by atoms with Crippen LogP contribution in [0.2, 0.25) is 0 Å².